The summed E-state index contributed by atoms with van der Waals surface area (Å²) in [5.41, 5.74) is 12.2. The van der Waals surface area contributed by atoms with Crippen LogP contribution in [0.1, 0.15) is 72.6 Å². The van der Waals surface area contributed by atoms with Crippen LogP contribution in [-0.2, 0) is 6.54 Å². The monoisotopic (exact) mass is 664 g/mol. The summed E-state index contributed by atoms with van der Waals surface area (Å²) in [5.74, 6) is 3.56. The number of aromatic nitrogens is 2. The molecular weight excluding hydrogens is 616 g/mol. The number of hydrogen-bond donors (Lipinski definition) is 2. The van der Waals surface area contributed by atoms with E-state index < -0.39 is 0 Å². The predicted molar refractivity (Wildman–Crippen MR) is 199 cm³/mol. The maximum Gasteiger partial charge on any atom is 0.159 e. The van der Waals surface area contributed by atoms with Gasteiger partial charge in [-0.3, -0.25) is 14.4 Å². The number of rotatable bonds is 11. The van der Waals surface area contributed by atoms with Gasteiger partial charge in [0.15, 0.2) is 11.6 Å². The number of nitrogen functional groups attached to an aromatic ring is 1. The van der Waals surface area contributed by atoms with Gasteiger partial charge < -0.3 is 25.1 Å². The quantitative estimate of drug-likeness (QED) is 0.0817. The molecule has 1 heterocycles. The highest BCUT2D eigenvalue weighted by Gasteiger charge is 2.15. The molecule has 258 valence electrons. The molecule has 0 bridgehead atoms. The molecule has 0 saturated heterocycles. The van der Waals surface area contributed by atoms with Crippen molar-refractivity contribution in [3.63, 3.8) is 0 Å². The number of methoxy groups -OCH3 is 2. The molecule has 49 heavy (non-hydrogen) atoms. The normalized spacial score (nSPS) is 10.5. The summed E-state index contributed by atoms with van der Waals surface area (Å²) in [6.07, 6.45) is 0.794. The average Bonchev–Trinajstić information content (AvgIpc) is 3.45. The van der Waals surface area contributed by atoms with Gasteiger partial charge in [-0.15, -0.1) is 0 Å². The van der Waals surface area contributed by atoms with Crippen molar-refractivity contribution < 1.29 is 23.9 Å². The Balaban J connectivity index is 0.000000222. The van der Waals surface area contributed by atoms with Crippen molar-refractivity contribution in [2.24, 2.45) is 11.8 Å². The van der Waals surface area contributed by atoms with Crippen LogP contribution in [0.5, 0.6) is 11.5 Å². The molecule has 0 aliphatic rings. The molecule has 9 nitrogen and oxygen atoms in total. The summed E-state index contributed by atoms with van der Waals surface area (Å²) in [7, 11) is 3.24. The molecule has 3 N–H and O–H groups in total. The number of aldehydes is 1. The van der Waals surface area contributed by atoms with Crippen LogP contribution >= 0.6 is 0 Å². The molecule has 5 aromatic rings. The van der Waals surface area contributed by atoms with Crippen LogP contribution in [0, 0.1) is 11.8 Å². The van der Waals surface area contributed by atoms with Crippen LogP contribution in [0.3, 0.4) is 0 Å². The van der Waals surface area contributed by atoms with E-state index in [0.29, 0.717) is 40.0 Å². The zero-order chi connectivity index (χ0) is 36.1. The van der Waals surface area contributed by atoms with Gasteiger partial charge in [0.25, 0.3) is 0 Å². The van der Waals surface area contributed by atoms with Crippen LogP contribution in [0.15, 0.2) is 84.9 Å². The molecule has 9 heteroatoms. The lowest BCUT2D eigenvalue weighted by Crippen LogP contribution is -2.10. The molecule has 0 aliphatic heterocycles. The van der Waals surface area contributed by atoms with E-state index in [2.05, 4.69) is 37.6 Å². The minimum absolute atomic E-state index is 0.0390. The fourth-order valence-electron chi connectivity index (χ4n) is 4.85. The lowest BCUT2D eigenvalue weighted by atomic mass is 10.1. The van der Waals surface area contributed by atoms with Crippen molar-refractivity contribution in [2.75, 3.05) is 31.8 Å². The zero-order valence-corrected chi connectivity index (χ0v) is 29.7. The van der Waals surface area contributed by atoms with Gasteiger partial charge in [0.2, 0.25) is 0 Å². The number of Topliss-reactive ketones (excluding diaryl/α,β-unsaturated/α-hetero) is 2. The number of imidazole rings is 1. The number of nitrogens with zero attached hydrogens (tertiary/aromatic N) is 2. The third-order valence-corrected chi connectivity index (χ3v) is 7.42. The minimum atomic E-state index is 0.0390. The van der Waals surface area contributed by atoms with E-state index >= 15 is 0 Å². The predicted octanol–water partition coefficient (Wildman–Crippen LogP) is 8.62. The topological polar surface area (TPSA) is 126 Å². The Morgan fingerprint density at radius 3 is 2.00 bits per heavy atom. The number of carbonyl (C=O) groups is 3. The second-order valence-corrected chi connectivity index (χ2v) is 12.5. The van der Waals surface area contributed by atoms with E-state index in [-0.39, 0.29) is 11.6 Å². The van der Waals surface area contributed by atoms with Crippen molar-refractivity contribution in [3.05, 3.63) is 102 Å². The second kappa shape index (κ2) is 18.2. The number of nitrogens with one attached hydrogen (secondary N) is 1. The average molecular weight is 665 g/mol. The largest absolute Gasteiger partial charge is 0.497 e. The Kier molecular flexibility index (Phi) is 14.1. The Labute approximate surface area is 289 Å². The summed E-state index contributed by atoms with van der Waals surface area (Å²) < 4.78 is 12.5. The molecule has 0 spiro atoms. The summed E-state index contributed by atoms with van der Waals surface area (Å²) in [4.78, 5) is 37.8. The highest BCUT2D eigenvalue weighted by molar-refractivity contribution is 5.98. The number of anilines is 2. The first-order valence-corrected chi connectivity index (χ1v) is 16.3. The van der Waals surface area contributed by atoms with Crippen molar-refractivity contribution in [2.45, 2.75) is 48.1 Å². The van der Waals surface area contributed by atoms with Gasteiger partial charge in [-0.25, -0.2) is 4.98 Å². The van der Waals surface area contributed by atoms with Gasteiger partial charge in [-0.2, -0.15) is 0 Å². The lowest BCUT2D eigenvalue weighted by Gasteiger charge is -2.12. The Hall–Kier alpha value is -5.44. The van der Waals surface area contributed by atoms with Gasteiger partial charge in [0, 0.05) is 35.3 Å². The molecule has 1 aromatic heterocycles. The Bertz CT molecular complexity index is 1880. The SMILES string of the molecule is CC(=O)c1ccc(NCC(C)C)c(N)c1.COc1cccc(-c2nc3cc(C(C)=O)ccc3n2CC(C)C)c1.COc1cccc(C=O)c1. The highest BCUT2D eigenvalue weighted by Crippen LogP contribution is 2.29. The molecule has 0 aliphatic carbocycles. The van der Waals surface area contributed by atoms with Crippen LogP contribution in [0.4, 0.5) is 11.4 Å². The third kappa shape index (κ3) is 11.1. The first-order valence-electron chi connectivity index (χ1n) is 16.3. The number of nitrogens with two attached hydrogens (primary N) is 1. The van der Waals surface area contributed by atoms with E-state index in [0.717, 1.165) is 53.2 Å². The van der Waals surface area contributed by atoms with Gasteiger partial charge in [0.1, 0.15) is 23.6 Å². The summed E-state index contributed by atoms with van der Waals surface area (Å²) in [5, 5.41) is 3.24. The summed E-state index contributed by atoms with van der Waals surface area (Å²) >= 11 is 0. The Morgan fingerprint density at radius 1 is 0.816 bits per heavy atom. The van der Waals surface area contributed by atoms with E-state index in [1.165, 1.54) is 6.92 Å². The number of benzene rings is 4. The summed E-state index contributed by atoms with van der Waals surface area (Å²) in [6, 6.07) is 26.0. The molecule has 0 fully saturated rings. The molecule has 5 rings (SSSR count). The van der Waals surface area contributed by atoms with Crippen LogP contribution in [0.25, 0.3) is 22.4 Å². The van der Waals surface area contributed by atoms with E-state index in [1.54, 1.807) is 57.5 Å². The minimum Gasteiger partial charge on any atom is -0.497 e. The van der Waals surface area contributed by atoms with Gasteiger partial charge in [-0.1, -0.05) is 52.0 Å². The van der Waals surface area contributed by atoms with E-state index in [9.17, 15) is 14.4 Å². The number of carbonyl (C=O) groups excluding carboxylic acids is 3. The van der Waals surface area contributed by atoms with Crippen LogP contribution < -0.4 is 20.5 Å². The van der Waals surface area contributed by atoms with Crippen molar-refractivity contribution in [3.8, 4) is 22.9 Å². The standard InChI is InChI=1S/C20H22N2O2.C12H18N2O.C8H8O2/c1-13(2)12-22-19-9-8-15(14(3)23)11-18(19)21-20(22)16-6-5-7-17(10-16)24-4;1-8(2)7-14-12-5-4-10(9(3)15)6-11(12)13;1-10-8-4-2-3-7(5-8)6-9/h5-11,13H,12H2,1-4H3;4-6,8,14H,7,13H2,1-3H3;2-6H,1H3. The third-order valence-electron chi connectivity index (χ3n) is 7.42. The second-order valence-electron chi connectivity index (χ2n) is 12.5. The van der Waals surface area contributed by atoms with Gasteiger partial charge >= 0.3 is 0 Å². The van der Waals surface area contributed by atoms with Gasteiger partial charge in [-0.05, 0) is 86.3 Å². The molecule has 0 saturated carbocycles. The highest BCUT2D eigenvalue weighted by atomic mass is 16.5. The first kappa shape index (κ1) is 38.0. The maximum atomic E-state index is 11.7. The van der Waals surface area contributed by atoms with Crippen LogP contribution in [-0.4, -0.2) is 48.2 Å². The van der Waals surface area contributed by atoms with E-state index in [1.807, 2.05) is 48.5 Å². The fraction of sp³-hybridized carbons (Fsp3) is 0.300. The number of ketones is 2. The van der Waals surface area contributed by atoms with Crippen LogP contribution in [0.2, 0.25) is 0 Å². The lowest BCUT2D eigenvalue weighted by molar-refractivity contribution is 0.100. The molecule has 4 aromatic carbocycles. The molecule has 0 atom stereocenters. The summed E-state index contributed by atoms with van der Waals surface area (Å²) in [6.45, 7) is 13.5. The molecule has 0 radical (unpaired) electrons. The fourth-order valence-corrected chi connectivity index (χ4v) is 4.85. The van der Waals surface area contributed by atoms with Gasteiger partial charge in [0.05, 0.1) is 36.6 Å². The number of ether oxygens (including phenoxy) is 2. The Morgan fingerprint density at radius 2 is 1.43 bits per heavy atom. The van der Waals surface area contributed by atoms with Crippen molar-refractivity contribution in [1.29, 1.82) is 0 Å². The zero-order valence-electron chi connectivity index (χ0n) is 29.7. The van der Waals surface area contributed by atoms with Crippen molar-refractivity contribution in [1.82, 2.24) is 9.55 Å². The van der Waals surface area contributed by atoms with Crippen molar-refractivity contribution >= 4 is 40.3 Å². The number of fused-ring (bicyclic) bond motifs is 1. The molecule has 0 unspecified atom stereocenters. The molecule has 0 amide bonds. The van der Waals surface area contributed by atoms with E-state index in [4.69, 9.17) is 20.2 Å². The first-order chi connectivity index (χ1) is 23.4. The number of hydrogen-bond acceptors (Lipinski definition) is 8. The maximum absolute atomic E-state index is 11.7. The smallest absolute Gasteiger partial charge is 0.159 e. The molecular formula is C40H48N4O5.